The van der Waals surface area contributed by atoms with Crippen molar-refractivity contribution in [3.05, 3.63) is 12.2 Å². The third kappa shape index (κ3) is 7.72. The van der Waals surface area contributed by atoms with Crippen LogP contribution in [0.1, 0.15) is 91.9 Å². The second-order valence-corrected chi connectivity index (χ2v) is 5.97. The Morgan fingerprint density at radius 3 is 2.00 bits per heavy atom. The zero-order valence-corrected chi connectivity index (χ0v) is 14.1. The number of carbonyl (C=O) groups is 1. The van der Waals surface area contributed by atoms with Crippen molar-refractivity contribution in [3.63, 3.8) is 0 Å². The minimum atomic E-state index is -0.266. The van der Waals surface area contributed by atoms with Gasteiger partial charge >= 0.3 is 5.97 Å². The molecular formula is C18H34O2. The zero-order chi connectivity index (χ0) is 15.4. The van der Waals surface area contributed by atoms with Crippen molar-refractivity contribution in [1.29, 1.82) is 0 Å². The van der Waals surface area contributed by atoms with Crippen LogP contribution in [-0.4, -0.2) is 11.6 Å². The van der Waals surface area contributed by atoms with Crippen LogP contribution in [-0.2, 0) is 9.53 Å². The van der Waals surface area contributed by atoms with Crippen molar-refractivity contribution in [1.82, 2.24) is 0 Å². The summed E-state index contributed by atoms with van der Waals surface area (Å²) in [7, 11) is 0. The van der Waals surface area contributed by atoms with Crippen LogP contribution in [0.2, 0.25) is 0 Å². The fourth-order valence-corrected chi connectivity index (χ4v) is 2.49. The van der Waals surface area contributed by atoms with Crippen LogP contribution in [0.4, 0.5) is 0 Å². The van der Waals surface area contributed by atoms with Crippen LogP contribution in [0, 0.1) is 0 Å². The number of hydrogen-bond donors (Lipinski definition) is 0. The molecule has 0 radical (unpaired) electrons. The number of unbranched alkanes of at least 4 members (excludes halogenated alkanes) is 5. The van der Waals surface area contributed by atoms with E-state index < -0.39 is 0 Å². The van der Waals surface area contributed by atoms with Gasteiger partial charge in [0.2, 0.25) is 0 Å². The number of carbonyl (C=O) groups excluding carboxylic acids is 1. The van der Waals surface area contributed by atoms with E-state index in [9.17, 15) is 4.79 Å². The first-order valence-corrected chi connectivity index (χ1v) is 8.40. The smallest absolute Gasteiger partial charge is 0.333 e. The standard InChI is InChI=1S/C18H34O2/c1-6-9-11-12-13-15-18(8-3,14-10-7-2)20-17(19)16(4)5/h4,6-15H2,1-3,5H3. The molecule has 118 valence electrons. The summed E-state index contributed by atoms with van der Waals surface area (Å²) >= 11 is 0. The average molecular weight is 282 g/mol. The molecule has 2 heteroatoms. The molecule has 0 aromatic heterocycles. The molecule has 0 fully saturated rings. The summed E-state index contributed by atoms with van der Waals surface area (Å²) in [5.74, 6) is -0.225. The van der Waals surface area contributed by atoms with E-state index in [-0.39, 0.29) is 11.6 Å². The zero-order valence-electron chi connectivity index (χ0n) is 14.1. The van der Waals surface area contributed by atoms with Crippen LogP contribution in [0.15, 0.2) is 12.2 Å². The molecular weight excluding hydrogens is 248 g/mol. The topological polar surface area (TPSA) is 26.3 Å². The Hall–Kier alpha value is -0.790. The molecule has 0 heterocycles. The lowest BCUT2D eigenvalue weighted by Crippen LogP contribution is -2.35. The van der Waals surface area contributed by atoms with Gasteiger partial charge in [0.05, 0.1) is 0 Å². The van der Waals surface area contributed by atoms with Gasteiger partial charge in [0, 0.05) is 5.57 Å². The van der Waals surface area contributed by atoms with Gasteiger partial charge in [-0.3, -0.25) is 0 Å². The molecule has 0 aliphatic carbocycles. The maximum Gasteiger partial charge on any atom is 0.333 e. The highest BCUT2D eigenvalue weighted by Gasteiger charge is 2.31. The van der Waals surface area contributed by atoms with Gasteiger partial charge in [-0.25, -0.2) is 4.79 Å². The van der Waals surface area contributed by atoms with Crippen LogP contribution in [0.25, 0.3) is 0 Å². The highest BCUT2D eigenvalue weighted by Crippen LogP contribution is 2.30. The summed E-state index contributed by atoms with van der Waals surface area (Å²) in [5.41, 5.74) is 0.239. The second kappa shape index (κ2) is 10.9. The molecule has 0 N–H and O–H groups in total. The van der Waals surface area contributed by atoms with E-state index in [1.165, 1.54) is 25.7 Å². The fraction of sp³-hybridized carbons (Fsp3) is 0.833. The fourth-order valence-electron chi connectivity index (χ4n) is 2.49. The largest absolute Gasteiger partial charge is 0.456 e. The van der Waals surface area contributed by atoms with Crippen LogP contribution >= 0.6 is 0 Å². The van der Waals surface area contributed by atoms with E-state index in [0.29, 0.717) is 5.57 Å². The van der Waals surface area contributed by atoms with Crippen molar-refractivity contribution in [2.75, 3.05) is 0 Å². The molecule has 2 nitrogen and oxygen atoms in total. The Balaban J connectivity index is 4.49. The van der Waals surface area contributed by atoms with Gasteiger partial charge in [-0.05, 0) is 39.0 Å². The van der Waals surface area contributed by atoms with Gasteiger partial charge < -0.3 is 4.74 Å². The van der Waals surface area contributed by atoms with Crippen LogP contribution in [0.3, 0.4) is 0 Å². The minimum Gasteiger partial charge on any atom is -0.456 e. The molecule has 0 amide bonds. The normalized spacial score (nSPS) is 13.8. The molecule has 20 heavy (non-hydrogen) atoms. The summed E-state index contributed by atoms with van der Waals surface area (Å²) in [5, 5.41) is 0. The van der Waals surface area contributed by atoms with E-state index >= 15 is 0 Å². The summed E-state index contributed by atoms with van der Waals surface area (Å²) in [6.45, 7) is 12.0. The predicted octanol–water partition coefficient (Wildman–Crippen LogP) is 5.81. The van der Waals surface area contributed by atoms with Crippen molar-refractivity contribution < 1.29 is 9.53 Å². The SMILES string of the molecule is C=C(C)C(=O)OC(CC)(CCCC)CCCCCCC. The van der Waals surface area contributed by atoms with Crippen molar-refractivity contribution in [2.45, 2.75) is 97.5 Å². The van der Waals surface area contributed by atoms with E-state index in [1.807, 2.05) is 0 Å². The summed E-state index contributed by atoms with van der Waals surface area (Å²) < 4.78 is 5.82. The van der Waals surface area contributed by atoms with Gasteiger partial charge in [-0.1, -0.05) is 59.5 Å². The Labute approximate surface area is 126 Å². The molecule has 0 aliphatic rings. The quantitative estimate of drug-likeness (QED) is 0.257. The van der Waals surface area contributed by atoms with E-state index in [4.69, 9.17) is 4.74 Å². The van der Waals surface area contributed by atoms with Gasteiger partial charge in [-0.15, -0.1) is 0 Å². The number of ether oxygens (including phenoxy) is 1. The molecule has 1 unspecified atom stereocenters. The van der Waals surface area contributed by atoms with E-state index in [0.717, 1.165) is 38.5 Å². The third-order valence-electron chi connectivity index (χ3n) is 4.02. The molecule has 0 saturated heterocycles. The number of esters is 1. The Kier molecular flexibility index (Phi) is 10.5. The monoisotopic (exact) mass is 282 g/mol. The highest BCUT2D eigenvalue weighted by molar-refractivity contribution is 5.87. The van der Waals surface area contributed by atoms with Gasteiger partial charge in [0.1, 0.15) is 5.60 Å². The van der Waals surface area contributed by atoms with Gasteiger partial charge in [0.15, 0.2) is 0 Å². The highest BCUT2D eigenvalue weighted by atomic mass is 16.6. The maximum atomic E-state index is 11.9. The van der Waals surface area contributed by atoms with Crippen LogP contribution < -0.4 is 0 Å². The van der Waals surface area contributed by atoms with E-state index in [2.05, 4.69) is 27.4 Å². The minimum absolute atomic E-state index is 0.225. The first kappa shape index (κ1) is 19.2. The Bertz CT molecular complexity index is 283. The molecule has 1 atom stereocenters. The molecule has 0 aliphatic heterocycles. The maximum absolute atomic E-state index is 11.9. The van der Waals surface area contributed by atoms with Crippen molar-refractivity contribution in [2.24, 2.45) is 0 Å². The van der Waals surface area contributed by atoms with Gasteiger partial charge in [0.25, 0.3) is 0 Å². The third-order valence-corrected chi connectivity index (χ3v) is 4.02. The molecule has 0 bridgehead atoms. The molecule has 0 saturated carbocycles. The van der Waals surface area contributed by atoms with Crippen molar-refractivity contribution >= 4 is 5.97 Å². The lowest BCUT2D eigenvalue weighted by Gasteiger charge is -2.33. The summed E-state index contributed by atoms with van der Waals surface area (Å²) in [6, 6.07) is 0. The molecule has 0 spiro atoms. The Morgan fingerprint density at radius 1 is 0.950 bits per heavy atom. The Morgan fingerprint density at radius 2 is 1.50 bits per heavy atom. The predicted molar refractivity (Wildman–Crippen MR) is 86.8 cm³/mol. The van der Waals surface area contributed by atoms with E-state index in [1.54, 1.807) is 6.92 Å². The molecule has 0 aromatic rings. The van der Waals surface area contributed by atoms with Crippen LogP contribution in [0.5, 0.6) is 0 Å². The molecule has 0 rings (SSSR count). The lowest BCUT2D eigenvalue weighted by atomic mass is 9.87. The summed E-state index contributed by atoms with van der Waals surface area (Å²) in [6.07, 6.45) is 11.4. The first-order chi connectivity index (χ1) is 9.51. The number of hydrogen-bond acceptors (Lipinski definition) is 2. The molecule has 0 aromatic carbocycles. The van der Waals surface area contributed by atoms with Crippen molar-refractivity contribution in [3.8, 4) is 0 Å². The first-order valence-electron chi connectivity index (χ1n) is 8.40. The average Bonchev–Trinajstić information content (AvgIpc) is 2.44. The lowest BCUT2D eigenvalue weighted by molar-refractivity contribution is -0.157. The van der Waals surface area contributed by atoms with Gasteiger partial charge in [-0.2, -0.15) is 0 Å². The number of rotatable bonds is 12. The summed E-state index contributed by atoms with van der Waals surface area (Å²) in [4.78, 5) is 11.9. The second-order valence-electron chi connectivity index (χ2n) is 5.97.